The van der Waals surface area contributed by atoms with Gasteiger partial charge >= 0.3 is 0 Å². The Labute approximate surface area is 124 Å². The predicted molar refractivity (Wildman–Crippen MR) is 79.6 cm³/mol. The lowest BCUT2D eigenvalue weighted by molar-refractivity contribution is 0.101. The highest BCUT2D eigenvalue weighted by molar-refractivity contribution is 14.1. The van der Waals surface area contributed by atoms with Gasteiger partial charge in [-0.2, -0.15) is 4.31 Å². The van der Waals surface area contributed by atoms with E-state index in [2.05, 4.69) is 22.6 Å². The molecule has 96 valence electrons. The van der Waals surface area contributed by atoms with Crippen molar-refractivity contribution in [2.75, 3.05) is 4.31 Å². The number of amides is 1. The smallest absolute Gasteiger partial charge is 0.268 e. The molecule has 6 heteroatoms. The van der Waals surface area contributed by atoms with Crippen molar-refractivity contribution in [3.05, 3.63) is 57.7 Å². The lowest BCUT2D eigenvalue weighted by Crippen LogP contribution is -2.29. The first kappa shape index (κ1) is 12.6. The van der Waals surface area contributed by atoms with Crippen molar-refractivity contribution in [1.82, 2.24) is 0 Å². The first-order valence-electron chi connectivity index (χ1n) is 5.46. The van der Waals surface area contributed by atoms with Crippen molar-refractivity contribution < 1.29 is 13.2 Å². The van der Waals surface area contributed by atoms with Crippen molar-refractivity contribution in [2.45, 2.75) is 4.90 Å². The highest BCUT2D eigenvalue weighted by Crippen LogP contribution is 2.34. The average molecular weight is 385 g/mol. The normalized spacial score (nSPS) is 16.5. The summed E-state index contributed by atoms with van der Waals surface area (Å²) in [4.78, 5) is 12.3. The molecule has 0 saturated carbocycles. The van der Waals surface area contributed by atoms with Crippen LogP contribution < -0.4 is 4.31 Å². The molecule has 3 rings (SSSR count). The van der Waals surface area contributed by atoms with Crippen LogP contribution in [0.25, 0.3) is 0 Å². The molecule has 0 N–H and O–H groups in total. The van der Waals surface area contributed by atoms with Crippen LogP contribution in [0.15, 0.2) is 53.4 Å². The van der Waals surface area contributed by atoms with Crippen molar-refractivity contribution in [3.8, 4) is 0 Å². The van der Waals surface area contributed by atoms with E-state index in [4.69, 9.17) is 0 Å². The molecule has 1 aliphatic heterocycles. The maximum absolute atomic E-state index is 12.4. The number of hydrogen-bond acceptors (Lipinski definition) is 3. The number of hydrogen-bond donors (Lipinski definition) is 0. The molecular formula is C13H8INO3S. The fourth-order valence-corrected chi connectivity index (χ4v) is 4.16. The minimum absolute atomic E-state index is 0.0684. The largest absolute Gasteiger partial charge is 0.273 e. The first-order valence-corrected chi connectivity index (χ1v) is 7.98. The van der Waals surface area contributed by atoms with Gasteiger partial charge in [0.05, 0.1) is 11.3 Å². The number of carbonyl (C=O) groups excluding carboxylic acids is 1. The lowest BCUT2D eigenvalue weighted by atomic mass is 10.2. The average Bonchev–Trinajstić information content (AvgIpc) is 2.58. The Morgan fingerprint density at radius 3 is 2.42 bits per heavy atom. The molecule has 1 amide bonds. The zero-order valence-corrected chi connectivity index (χ0v) is 12.6. The van der Waals surface area contributed by atoms with E-state index in [0.29, 0.717) is 5.69 Å². The third-order valence-corrected chi connectivity index (χ3v) is 5.30. The van der Waals surface area contributed by atoms with E-state index < -0.39 is 15.9 Å². The summed E-state index contributed by atoms with van der Waals surface area (Å²) >= 11 is 2.08. The number of benzene rings is 2. The summed E-state index contributed by atoms with van der Waals surface area (Å²) in [7, 11) is -3.78. The quantitative estimate of drug-likeness (QED) is 0.710. The standard InChI is InChI=1S/C13H8INO3S/c14-9-4-3-5-10(8-9)15-13(16)11-6-1-2-7-12(11)19(15,17)18/h1-8H. The van der Waals surface area contributed by atoms with Gasteiger partial charge in [-0.05, 0) is 52.9 Å². The number of halogens is 1. The van der Waals surface area contributed by atoms with Gasteiger partial charge < -0.3 is 0 Å². The van der Waals surface area contributed by atoms with Crippen LogP contribution in [0.2, 0.25) is 0 Å². The highest BCUT2D eigenvalue weighted by Gasteiger charge is 2.41. The Kier molecular flexibility index (Phi) is 2.86. The number of fused-ring (bicyclic) bond motifs is 1. The summed E-state index contributed by atoms with van der Waals surface area (Å²) in [6, 6.07) is 13.1. The summed E-state index contributed by atoms with van der Waals surface area (Å²) in [5, 5.41) is 0. The molecular weight excluding hydrogens is 377 g/mol. The summed E-state index contributed by atoms with van der Waals surface area (Å²) < 4.78 is 26.5. The molecule has 4 nitrogen and oxygen atoms in total. The Balaban J connectivity index is 2.24. The molecule has 0 unspecified atom stereocenters. The first-order chi connectivity index (χ1) is 9.01. The van der Waals surface area contributed by atoms with Gasteiger partial charge in [-0.3, -0.25) is 4.79 Å². The summed E-state index contributed by atoms with van der Waals surface area (Å²) in [5.74, 6) is -0.502. The van der Waals surface area contributed by atoms with E-state index >= 15 is 0 Å². The molecule has 0 saturated heterocycles. The van der Waals surface area contributed by atoms with E-state index in [1.165, 1.54) is 12.1 Å². The van der Waals surface area contributed by atoms with Crippen molar-refractivity contribution in [1.29, 1.82) is 0 Å². The Bertz CT molecular complexity index is 786. The van der Waals surface area contributed by atoms with E-state index in [-0.39, 0.29) is 10.5 Å². The van der Waals surface area contributed by atoms with Gasteiger partial charge in [0.2, 0.25) is 0 Å². The lowest BCUT2D eigenvalue weighted by Gasteiger charge is -2.15. The molecule has 19 heavy (non-hydrogen) atoms. The van der Waals surface area contributed by atoms with Crippen LogP contribution in [0.1, 0.15) is 10.4 Å². The second kappa shape index (κ2) is 4.31. The third kappa shape index (κ3) is 1.86. The summed E-state index contributed by atoms with van der Waals surface area (Å²) in [5.41, 5.74) is 0.592. The van der Waals surface area contributed by atoms with Crippen LogP contribution in [0.5, 0.6) is 0 Å². The molecule has 0 radical (unpaired) electrons. The molecule has 2 aromatic carbocycles. The topological polar surface area (TPSA) is 54.5 Å². The molecule has 2 aromatic rings. The zero-order chi connectivity index (χ0) is 13.6. The van der Waals surface area contributed by atoms with Gasteiger partial charge in [0.15, 0.2) is 0 Å². The SMILES string of the molecule is O=C1c2ccccc2S(=O)(=O)N1c1cccc(I)c1. The van der Waals surface area contributed by atoms with Crippen LogP contribution in [0.3, 0.4) is 0 Å². The van der Waals surface area contributed by atoms with Gasteiger partial charge in [-0.1, -0.05) is 18.2 Å². The molecule has 0 bridgehead atoms. The Morgan fingerprint density at radius 2 is 1.74 bits per heavy atom. The zero-order valence-electron chi connectivity index (χ0n) is 9.58. The second-order valence-corrected chi connectivity index (χ2v) is 7.05. The monoisotopic (exact) mass is 385 g/mol. The van der Waals surface area contributed by atoms with E-state index in [0.717, 1.165) is 7.88 Å². The fourth-order valence-electron chi connectivity index (χ4n) is 2.04. The van der Waals surface area contributed by atoms with Crippen LogP contribution in [0, 0.1) is 3.57 Å². The van der Waals surface area contributed by atoms with Gasteiger partial charge in [0, 0.05) is 3.57 Å². The number of sulfonamides is 1. The minimum Gasteiger partial charge on any atom is -0.268 e. The van der Waals surface area contributed by atoms with Crippen LogP contribution in [-0.4, -0.2) is 14.3 Å². The number of anilines is 1. The molecule has 0 spiro atoms. The maximum atomic E-state index is 12.4. The van der Waals surface area contributed by atoms with Crippen molar-refractivity contribution in [2.24, 2.45) is 0 Å². The Hall–Kier alpha value is -1.41. The number of carbonyl (C=O) groups is 1. The van der Waals surface area contributed by atoms with Gasteiger partial charge in [0.25, 0.3) is 15.9 Å². The van der Waals surface area contributed by atoms with Crippen molar-refractivity contribution in [3.63, 3.8) is 0 Å². The molecule has 0 aromatic heterocycles. The van der Waals surface area contributed by atoms with Crippen LogP contribution in [-0.2, 0) is 10.0 Å². The van der Waals surface area contributed by atoms with E-state index in [1.54, 1.807) is 30.3 Å². The number of nitrogens with zero attached hydrogens (tertiary/aromatic N) is 1. The second-order valence-electron chi connectivity index (χ2n) is 4.05. The van der Waals surface area contributed by atoms with Gasteiger partial charge in [-0.25, -0.2) is 8.42 Å². The maximum Gasteiger partial charge on any atom is 0.273 e. The van der Waals surface area contributed by atoms with E-state index in [1.807, 2.05) is 6.07 Å². The minimum atomic E-state index is -3.78. The molecule has 0 atom stereocenters. The van der Waals surface area contributed by atoms with Crippen molar-refractivity contribution >= 4 is 44.2 Å². The molecule has 1 aliphatic rings. The van der Waals surface area contributed by atoms with Gasteiger partial charge in [0.1, 0.15) is 4.90 Å². The predicted octanol–water partition coefficient (Wildman–Crippen LogP) is 2.64. The highest BCUT2D eigenvalue weighted by atomic mass is 127. The molecule has 0 fully saturated rings. The fraction of sp³-hybridized carbons (Fsp3) is 0. The summed E-state index contributed by atoms with van der Waals surface area (Å²) in [6.45, 7) is 0. The molecule has 0 aliphatic carbocycles. The third-order valence-electron chi connectivity index (χ3n) is 2.86. The van der Waals surface area contributed by atoms with E-state index in [9.17, 15) is 13.2 Å². The number of rotatable bonds is 1. The summed E-state index contributed by atoms with van der Waals surface area (Å²) in [6.07, 6.45) is 0. The van der Waals surface area contributed by atoms with Crippen LogP contribution >= 0.6 is 22.6 Å². The van der Waals surface area contributed by atoms with Crippen LogP contribution in [0.4, 0.5) is 5.69 Å². The van der Waals surface area contributed by atoms with Gasteiger partial charge in [-0.15, -0.1) is 0 Å². The molecule has 1 heterocycles. The Morgan fingerprint density at radius 1 is 1.00 bits per heavy atom.